The molecule has 1 aliphatic carbocycles. The Hall–Kier alpha value is -2.18. The molecule has 1 aromatic heterocycles. The third kappa shape index (κ3) is 3.39. The lowest BCUT2D eigenvalue weighted by Gasteiger charge is -2.31. The summed E-state index contributed by atoms with van der Waals surface area (Å²) in [5.41, 5.74) is 2.02. The van der Waals surface area contributed by atoms with E-state index in [1.807, 2.05) is 16.8 Å². The van der Waals surface area contributed by atoms with Crippen molar-refractivity contribution in [1.82, 2.24) is 19.8 Å². The van der Waals surface area contributed by atoms with E-state index in [0.29, 0.717) is 13.1 Å². The predicted molar refractivity (Wildman–Crippen MR) is 102 cm³/mol. The maximum Gasteiger partial charge on any atom is 0.226 e. The highest BCUT2D eigenvalue weighted by Gasteiger charge is 2.37. The first kappa shape index (κ1) is 18.2. The molecule has 146 valence electrons. The summed E-state index contributed by atoms with van der Waals surface area (Å²) < 4.78 is 0. The molecular formula is C20H29N5O2. The molecule has 3 aliphatic rings. The zero-order chi connectivity index (χ0) is 19.0. The second-order valence-corrected chi connectivity index (χ2v) is 7.97. The van der Waals surface area contributed by atoms with Gasteiger partial charge < -0.3 is 15.1 Å². The van der Waals surface area contributed by atoms with Crippen LogP contribution in [0.3, 0.4) is 0 Å². The molecule has 0 spiro atoms. The van der Waals surface area contributed by atoms with E-state index < -0.39 is 0 Å². The summed E-state index contributed by atoms with van der Waals surface area (Å²) in [5, 5.41) is 3.20. The van der Waals surface area contributed by atoms with E-state index in [1.165, 1.54) is 0 Å². The third-order valence-corrected chi connectivity index (χ3v) is 6.30. The Labute approximate surface area is 160 Å². The van der Waals surface area contributed by atoms with Crippen molar-refractivity contribution in [3.8, 4) is 0 Å². The zero-order valence-corrected chi connectivity index (χ0v) is 16.3. The van der Waals surface area contributed by atoms with Crippen molar-refractivity contribution in [2.45, 2.75) is 64.5 Å². The van der Waals surface area contributed by atoms with Crippen LogP contribution in [0, 0.1) is 5.92 Å². The fraction of sp³-hybridized carbons (Fsp3) is 0.700. The summed E-state index contributed by atoms with van der Waals surface area (Å²) in [4.78, 5) is 38.3. The van der Waals surface area contributed by atoms with Crippen LogP contribution in [-0.2, 0) is 22.6 Å². The van der Waals surface area contributed by atoms with Gasteiger partial charge in [0.15, 0.2) is 5.82 Å². The molecular weight excluding hydrogens is 342 g/mol. The number of aromatic nitrogens is 2. The minimum absolute atomic E-state index is 0.0387. The molecule has 1 N–H and O–H groups in total. The van der Waals surface area contributed by atoms with Gasteiger partial charge in [0.1, 0.15) is 5.82 Å². The van der Waals surface area contributed by atoms with E-state index in [4.69, 9.17) is 9.97 Å². The van der Waals surface area contributed by atoms with Crippen LogP contribution in [0.5, 0.6) is 0 Å². The largest absolute Gasteiger partial charge is 0.373 e. The van der Waals surface area contributed by atoms with Crippen molar-refractivity contribution < 1.29 is 9.59 Å². The molecule has 4 rings (SSSR count). The maximum atomic E-state index is 13.0. The number of carbonyl (C=O) groups excluding carboxylic acids is 2. The van der Waals surface area contributed by atoms with E-state index in [1.54, 1.807) is 6.92 Å². The van der Waals surface area contributed by atoms with Crippen LogP contribution in [-0.4, -0.2) is 51.7 Å². The Morgan fingerprint density at radius 1 is 1.07 bits per heavy atom. The van der Waals surface area contributed by atoms with Crippen molar-refractivity contribution in [2.24, 2.45) is 5.92 Å². The van der Waals surface area contributed by atoms with Gasteiger partial charge in [0.2, 0.25) is 11.8 Å². The number of carbonyl (C=O) groups is 2. The molecule has 7 nitrogen and oxygen atoms in total. The predicted octanol–water partition coefficient (Wildman–Crippen LogP) is 2.28. The summed E-state index contributed by atoms with van der Waals surface area (Å²) in [6.07, 6.45) is 7.03. The Bertz CT molecular complexity index is 744. The zero-order valence-electron chi connectivity index (χ0n) is 16.3. The second-order valence-electron chi connectivity index (χ2n) is 7.97. The molecule has 2 fully saturated rings. The van der Waals surface area contributed by atoms with Crippen molar-refractivity contribution in [3.05, 3.63) is 17.1 Å². The van der Waals surface area contributed by atoms with Crippen LogP contribution in [0.15, 0.2) is 0 Å². The molecule has 3 heterocycles. The van der Waals surface area contributed by atoms with Crippen molar-refractivity contribution in [3.63, 3.8) is 0 Å². The van der Waals surface area contributed by atoms with E-state index in [2.05, 4.69) is 5.32 Å². The van der Waals surface area contributed by atoms with Gasteiger partial charge in [0.25, 0.3) is 0 Å². The lowest BCUT2D eigenvalue weighted by atomic mass is 10.0. The Morgan fingerprint density at radius 2 is 1.85 bits per heavy atom. The molecule has 0 unspecified atom stereocenters. The summed E-state index contributed by atoms with van der Waals surface area (Å²) in [7, 11) is 1.87. The van der Waals surface area contributed by atoms with Crippen LogP contribution in [0.1, 0.15) is 68.6 Å². The van der Waals surface area contributed by atoms with Gasteiger partial charge in [-0.25, -0.2) is 9.97 Å². The first-order valence-corrected chi connectivity index (χ1v) is 10.2. The number of anilines is 1. The lowest BCUT2D eigenvalue weighted by Crippen LogP contribution is -2.37. The Morgan fingerprint density at radius 3 is 2.56 bits per heavy atom. The van der Waals surface area contributed by atoms with Crippen LogP contribution in [0.2, 0.25) is 0 Å². The van der Waals surface area contributed by atoms with Gasteiger partial charge in [0, 0.05) is 38.5 Å². The minimum Gasteiger partial charge on any atom is -0.373 e. The molecule has 7 heteroatoms. The summed E-state index contributed by atoms with van der Waals surface area (Å²) >= 11 is 0. The Kier molecular flexibility index (Phi) is 5.02. The number of amides is 2. The number of rotatable bonds is 3. The smallest absolute Gasteiger partial charge is 0.226 e. The fourth-order valence-electron chi connectivity index (χ4n) is 4.78. The molecule has 0 aromatic carbocycles. The van der Waals surface area contributed by atoms with Gasteiger partial charge in [-0.3, -0.25) is 9.59 Å². The molecule has 1 saturated carbocycles. The average molecular weight is 371 g/mol. The molecule has 1 aromatic rings. The standard InChI is InChI=1S/C20H29N5O2/c1-13(26)24-11-9-15-16(12-24)22-19(23-18(15)21-2)17-8-5-10-25(17)20(27)14-6-3-4-7-14/h14,17H,3-12H2,1-2H3,(H,21,22,23)/t17-/m0/s1. The molecule has 2 aliphatic heterocycles. The SMILES string of the molecule is CNc1nc([C@@H]2CCCN2C(=O)C2CCCC2)nc2c1CCN(C(C)=O)C2. The van der Waals surface area contributed by atoms with Gasteiger partial charge in [-0.1, -0.05) is 12.8 Å². The minimum atomic E-state index is -0.0387. The number of hydrogen-bond donors (Lipinski definition) is 1. The number of likely N-dealkylation sites (tertiary alicyclic amines) is 1. The van der Waals surface area contributed by atoms with Crippen molar-refractivity contribution in [2.75, 3.05) is 25.5 Å². The number of nitrogens with one attached hydrogen (secondary N) is 1. The monoisotopic (exact) mass is 371 g/mol. The average Bonchev–Trinajstić information content (AvgIpc) is 3.37. The molecule has 27 heavy (non-hydrogen) atoms. The molecule has 0 bridgehead atoms. The maximum absolute atomic E-state index is 13.0. The fourth-order valence-corrected chi connectivity index (χ4v) is 4.78. The third-order valence-electron chi connectivity index (χ3n) is 6.30. The van der Waals surface area contributed by atoms with Gasteiger partial charge in [0.05, 0.1) is 18.3 Å². The quantitative estimate of drug-likeness (QED) is 0.882. The van der Waals surface area contributed by atoms with E-state index in [9.17, 15) is 9.59 Å². The van der Waals surface area contributed by atoms with Gasteiger partial charge in [-0.2, -0.15) is 0 Å². The summed E-state index contributed by atoms with van der Waals surface area (Å²) in [5.74, 6) is 2.12. The topological polar surface area (TPSA) is 78.4 Å². The van der Waals surface area contributed by atoms with Crippen LogP contribution in [0.4, 0.5) is 5.82 Å². The van der Waals surface area contributed by atoms with Crippen molar-refractivity contribution in [1.29, 1.82) is 0 Å². The summed E-state index contributed by atoms with van der Waals surface area (Å²) in [6.45, 7) is 3.63. The Balaban J connectivity index is 1.63. The molecule has 0 radical (unpaired) electrons. The lowest BCUT2D eigenvalue weighted by molar-refractivity contribution is -0.136. The highest BCUT2D eigenvalue weighted by molar-refractivity contribution is 5.79. The number of fused-ring (bicyclic) bond motifs is 1. The van der Waals surface area contributed by atoms with Crippen LogP contribution in [0.25, 0.3) is 0 Å². The van der Waals surface area contributed by atoms with E-state index in [-0.39, 0.29) is 23.8 Å². The van der Waals surface area contributed by atoms with E-state index in [0.717, 1.165) is 74.4 Å². The number of hydrogen-bond acceptors (Lipinski definition) is 5. The molecule has 1 atom stereocenters. The van der Waals surface area contributed by atoms with Crippen molar-refractivity contribution >= 4 is 17.6 Å². The first-order valence-electron chi connectivity index (χ1n) is 10.2. The second kappa shape index (κ2) is 7.44. The number of nitrogens with zero attached hydrogens (tertiary/aromatic N) is 4. The molecule has 1 saturated heterocycles. The first-order chi connectivity index (χ1) is 13.1. The molecule has 2 amide bonds. The van der Waals surface area contributed by atoms with Crippen LogP contribution >= 0.6 is 0 Å². The van der Waals surface area contributed by atoms with Gasteiger partial charge in [-0.15, -0.1) is 0 Å². The van der Waals surface area contributed by atoms with E-state index >= 15 is 0 Å². The highest BCUT2D eigenvalue weighted by Crippen LogP contribution is 2.36. The highest BCUT2D eigenvalue weighted by atomic mass is 16.2. The normalized spacial score (nSPS) is 22.8. The summed E-state index contributed by atoms with van der Waals surface area (Å²) in [6, 6.07) is -0.0387. The van der Waals surface area contributed by atoms with Gasteiger partial charge >= 0.3 is 0 Å². The van der Waals surface area contributed by atoms with Crippen LogP contribution < -0.4 is 5.32 Å². The van der Waals surface area contributed by atoms with Gasteiger partial charge in [-0.05, 0) is 32.1 Å².